The van der Waals surface area contributed by atoms with E-state index in [2.05, 4.69) is 19.9 Å². The average molecular weight is 263 g/mol. The van der Waals surface area contributed by atoms with Gasteiger partial charge in [0.2, 0.25) is 0 Å². The lowest BCUT2D eigenvalue weighted by Crippen LogP contribution is -2.18. The Balaban J connectivity index is 2.75. The molecule has 1 aromatic carbocycles. The van der Waals surface area contributed by atoms with Crippen LogP contribution in [0.15, 0.2) is 24.3 Å². The van der Waals surface area contributed by atoms with Gasteiger partial charge < -0.3 is 9.84 Å². The molecule has 0 radical (unpaired) electrons. The van der Waals surface area contributed by atoms with Gasteiger partial charge in [0, 0.05) is 24.7 Å². The summed E-state index contributed by atoms with van der Waals surface area (Å²) in [6.07, 6.45) is 2.80. The molecule has 0 amide bonds. The van der Waals surface area contributed by atoms with Crippen LogP contribution in [-0.2, 0) is 11.3 Å². The molecule has 19 heavy (non-hydrogen) atoms. The van der Waals surface area contributed by atoms with Crippen LogP contribution < -0.4 is 4.74 Å². The summed E-state index contributed by atoms with van der Waals surface area (Å²) >= 11 is 0. The van der Waals surface area contributed by atoms with Gasteiger partial charge >= 0.3 is 5.97 Å². The van der Waals surface area contributed by atoms with Crippen molar-refractivity contribution in [2.45, 2.75) is 20.4 Å². The van der Waals surface area contributed by atoms with Gasteiger partial charge in [-0.05, 0) is 38.1 Å². The maximum Gasteiger partial charge on any atom is 0.328 e. The molecule has 0 aliphatic heterocycles. The first kappa shape index (κ1) is 15.2. The lowest BCUT2D eigenvalue weighted by atomic mass is 10.0. The van der Waals surface area contributed by atoms with Gasteiger partial charge in [-0.3, -0.25) is 4.90 Å². The molecular weight excluding hydrogens is 242 g/mol. The van der Waals surface area contributed by atoms with E-state index in [-0.39, 0.29) is 0 Å². The number of carboxylic acids is 1. The highest BCUT2D eigenvalue weighted by molar-refractivity contribution is 5.79. The van der Waals surface area contributed by atoms with Gasteiger partial charge in [0.25, 0.3) is 0 Å². The number of hydrogen-bond donors (Lipinski definition) is 1. The maximum absolute atomic E-state index is 10.4. The molecule has 0 saturated carbocycles. The summed E-state index contributed by atoms with van der Waals surface area (Å²) in [4.78, 5) is 12.4. The Kier molecular flexibility index (Phi) is 5.57. The maximum atomic E-state index is 10.4. The second kappa shape index (κ2) is 6.95. The van der Waals surface area contributed by atoms with Crippen LogP contribution >= 0.6 is 0 Å². The molecule has 4 heteroatoms. The Morgan fingerprint density at radius 1 is 1.37 bits per heavy atom. The van der Waals surface area contributed by atoms with E-state index < -0.39 is 5.97 Å². The van der Waals surface area contributed by atoms with Crippen molar-refractivity contribution in [3.05, 3.63) is 41.0 Å². The minimum absolute atomic E-state index is 0.586. The number of carboxylic acid groups (broad SMARTS) is 1. The van der Waals surface area contributed by atoms with Crippen molar-refractivity contribution in [2.24, 2.45) is 0 Å². The predicted molar refractivity (Wildman–Crippen MR) is 75.6 cm³/mol. The molecule has 0 atom stereocenters. The molecule has 0 spiro atoms. The summed E-state index contributed by atoms with van der Waals surface area (Å²) < 4.78 is 5.39. The highest BCUT2D eigenvalue weighted by atomic mass is 16.5. The average Bonchev–Trinajstić information content (AvgIpc) is 2.33. The number of hydrogen-bond acceptors (Lipinski definition) is 3. The van der Waals surface area contributed by atoms with Gasteiger partial charge in [-0.15, -0.1) is 0 Å². The van der Waals surface area contributed by atoms with Crippen molar-refractivity contribution in [3.8, 4) is 5.75 Å². The van der Waals surface area contributed by atoms with Gasteiger partial charge in [0.1, 0.15) is 5.75 Å². The molecule has 0 fully saturated rings. The molecule has 1 aromatic rings. The van der Waals surface area contributed by atoms with Crippen LogP contribution in [0.2, 0.25) is 0 Å². The molecule has 1 N–H and O–H groups in total. The van der Waals surface area contributed by atoms with Gasteiger partial charge in [-0.25, -0.2) is 4.79 Å². The number of ether oxygens (including phenoxy) is 1. The topological polar surface area (TPSA) is 49.8 Å². The summed E-state index contributed by atoms with van der Waals surface area (Å²) in [5, 5.41) is 8.54. The predicted octanol–water partition coefficient (Wildman–Crippen LogP) is 2.38. The van der Waals surface area contributed by atoms with E-state index >= 15 is 0 Å². The largest absolute Gasteiger partial charge is 0.496 e. The van der Waals surface area contributed by atoms with Crippen molar-refractivity contribution < 1.29 is 14.6 Å². The van der Waals surface area contributed by atoms with Crippen LogP contribution in [0.25, 0.3) is 0 Å². The van der Waals surface area contributed by atoms with Gasteiger partial charge in [0.15, 0.2) is 0 Å². The molecular formula is C15H21NO3. The first-order chi connectivity index (χ1) is 8.93. The normalized spacial score (nSPS) is 11.2. The van der Waals surface area contributed by atoms with Crippen LogP contribution in [-0.4, -0.2) is 36.7 Å². The van der Waals surface area contributed by atoms with E-state index in [1.54, 1.807) is 13.2 Å². The number of aliphatic carboxylic acids is 1. The van der Waals surface area contributed by atoms with Gasteiger partial charge in [-0.1, -0.05) is 12.1 Å². The van der Waals surface area contributed by atoms with Crippen molar-refractivity contribution in [1.29, 1.82) is 0 Å². The molecule has 1 rings (SSSR count). The fraction of sp³-hybridized carbons (Fsp3) is 0.400. The molecule has 4 nitrogen and oxygen atoms in total. The van der Waals surface area contributed by atoms with Crippen LogP contribution in [0, 0.1) is 13.8 Å². The Labute approximate surface area is 114 Å². The lowest BCUT2D eigenvalue weighted by Gasteiger charge is -2.18. The SMILES string of the molecule is COc1cc(C)c(C)cc1CN(C)C/C=C/C(=O)O. The number of benzene rings is 1. The zero-order valence-electron chi connectivity index (χ0n) is 11.9. The summed E-state index contributed by atoms with van der Waals surface area (Å²) in [5.41, 5.74) is 3.54. The van der Waals surface area contributed by atoms with Crippen molar-refractivity contribution in [3.63, 3.8) is 0 Å². The third kappa shape index (κ3) is 4.75. The van der Waals surface area contributed by atoms with E-state index in [4.69, 9.17) is 9.84 Å². The minimum Gasteiger partial charge on any atom is -0.496 e. The van der Waals surface area contributed by atoms with E-state index in [1.807, 2.05) is 18.0 Å². The van der Waals surface area contributed by atoms with E-state index in [1.165, 1.54) is 11.1 Å². The molecule has 0 aliphatic rings. The summed E-state index contributed by atoms with van der Waals surface area (Å²) in [6, 6.07) is 4.15. The molecule has 0 saturated heterocycles. The van der Waals surface area contributed by atoms with Crippen LogP contribution in [0.5, 0.6) is 5.75 Å². The Hall–Kier alpha value is -1.81. The third-order valence-corrected chi connectivity index (χ3v) is 3.01. The zero-order chi connectivity index (χ0) is 14.4. The Morgan fingerprint density at radius 2 is 2.00 bits per heavy atom. The number of rotatable bonds is 6. The summed E-state index contributed by atoms with van der Waals surface area (Å²) in [6.45, 7) is 5.43. The van der Waals surface area contributed by atoms with Gasteiger partial charge in [0.05, 0.1) is 7.11 Å². The molecule has 0 aliphatic carbocycles. The zero-order valence-corrected chi connectivity index (χ0v) is 11.9. The van der Waals surface area contributed by atoms with Crippen molar-refractivity contribution in [1.82, 2.24) is 4.90 Å². The first-order valence-corrected chi connectivity index (χ1v) is 6.16. The standard InChI is InChI=1S/C15H21NO3/c1-11-8-13(14(19-4)9-12(11)2)10-16(3)7-5-6-15(17)18/h5-6,8-9H,7,10H2,1-4H3,(H,17,18)/b6-5+. The second-order valence-corrected chi connectivity index (χ2v) is 4.69. The van der Waals surface area contributed by atoms with Crippen LogP contribution in [0.4, 0.5) is 0 Å². The fourth-order valence-corrected chi connectivity index (χ4v) is 1.85. The van der Waals surface area contributed by atoms with Crippen molar-refractivity contribution >= 4 is 5.97 Å². The molecule has 0 heterocycles. The smallest absolute Gasteiger partial charge is 0.328 e. The molecule has 0 aromatic heterocycles. The number of likely N-dealkylation sites (N-methyl/N-ethyl adjacent to an activating group) is 1. The highest BCUT2D eigenvalue weighted by Gasteiger charge is 2.08. The molecule has 104 valence electrons. The fourth-order valence-electron chi connectivity index (χ4n) is 1.85. The van der Waals surface area contributed by atoms with Crippen LogP contribution in [0.3, 0.4) is 0 Å². The Morgan fingerprint density at radius 3 is 2.58 bits per heavy atom. The molecule has 0 unspecified atom stereocenters. The lowest BCUT2D eigenvalue weighted by molar-refractivity contribution is -0.131. The first-order valence-electron chi connectivity index (χ1n) is 6.16. The third-order valence-electron chi connectivity index (χ3n) is 3.01. The van der Waals surface area contributed by atoms with E-state index in [9.17, 15) is 4.79 Å². The monoisotopic (exact) mass is 263 g/mol. The van der Waals surface area contributed by atoms with Gasteiger partial charge in [-0.2, -0.15) is 0 Å². The molecule has 0 bridgehead atoms. The highest BCUT2D eigenvalue weighted by Crippen LogP contribution is 2.24. The minimum atomic E-state index is -0.919. The quantitative estimate of drug-likeness (QED) is 0.801. The van der Waals surface area contributed by atoms with Crippen molar-refractivity contribution in [2.75, 3.05) is 20.7 Å². The van der Waals surface area contributed by atoms with Crippen LogP contribution in [0.1, 0.15) is 16.7 Å². The number of nitrogens with zero attached hydrogens (tertiary/aromatic N) is 1. The Bertz CT molecular complexity index is 481. The summed E-state index contributed by atoms with van der Waals surface area (Å²) in [5.74, 6) is -0.0469. The van der Waals surface area contributed by atoms with E-state index in [0.29, 0.717) is 13.1 Å². The number of methoxy groups -OCH3 is 1. The van der Waals surface area contributed by atoms with E-state index in [0.717, 1.165) is 17.4 Å². The second-order valence-electron chi connectivity index (χ2n) is 4.69. The summed E-state index contributed by atoms with van der Waals surface area (Å²) in [7, 11) is 3.61. The number of aryl methyl sites for hydroxylation is 2. The number of carbonyl (C=O) groups is 1.